The Hall–Kier alpha value is -4.18. The average molecular weight is 528 g/mol. The van der Waals surface area contributed by atoms with Gasteiger partial charge >= 0.3 is 6.18 Å². The number of morpholine rings is 1. The largest absolute Gasteiger partial charge is 0.419 e. The molecule has 38 heavy (non-hydrogen) atoms. The molecular weight excluding hydrogens is 503 g/mol. The summed E-state index contributed by atoms with van der Waals surface area (Å²) in [6.45, 7) is 2.90. The topological polar surface area (TPSA) is 108 Å². The van der Waals surface area contributed by atoms with Gasteiger partial charge in [-0.3, -0.25) is 9.59 Å². The molecule has 2 aliphatic heterocycles. The van der Waals surface area contributed by atoms with E-state index in [4.69, 9.17) is 11.2 Å². The predicted octanol–water partition coefficient (Wildman–Crippen LogP) is 1.66. The van der Waals surface area contributed by atoms with Gasteiger partial charge in [0.25, 0.3) is 5.56 Å². The summed E-state index contributed by atoms with van der Waals surface area (Å²) in [5.74, 6) is 3.26. The SMILES string of the molecule is C#Cc1ccc2c(=O)[nH]nc(N3CCOC(CC(=O)N4CCN(c5ncc(C(F)(F)F)cn5)CC4)C3)c2c1. The number of nitrogens with one attached hydrogen (secondary N) is 1. The molecule has 1 aromatic carbocycles. The standard InChI is InChI=1S/C25H24F3N7O3/c1-2-16-3-4-19-20(11-16)22(31-32-23(19)37)35-9-10-38-18(15-35)12-21(36)33-5-7-34(8-6-33)24-29-13-17(14-30-24)25(26,27)28/h1,3-4,11,13-14,18H,5-10,12,15H2,(H,32,37). The lowest BCUT2D eigenvalue weighted by Crippen LogP contribution is -2.51. The zero-order valence-electron chi connectivity index (χ0n) is 20.2. The Morgan fingerprint density at radius 2 is 1.84 bits per heavy atom. The number of benzene rings is 1. The molecule has 2 fully saturated rings. The van der Waals surface area contributed by atoms with Crippen LogP contribution in [0.3, 0.4) is 0 Å². The van der Waals surface area contributed by atoms with Crippen molar-refractivity contribution < 1.29 is 22.7 Å². The number of ether oxygens (including phenoxy) is 1. The maximum atomic E-state index is 13.0. The molecule has 1 atom stereocenters. The van der Waals surface area contributed by atoms with Crippen LogP contribution >= 0.6 is 0 Å². The minimum absolute atomic E-state index is 0.0845. The number of carbonyl (C=O) groups excluding carboxylic acids is 1. The molecule has 4 heterocycles. The Bertz CT molecular complexity index is 1430. The molecule has 1 amide bonds. The second-order valence-electron chi connectivity index (χ2n) is 9.06. The van der Waals surface area contributed by atoms with Gasteiger partial charge in [0, 0.05) is 62.6 Å². The van der Waals surface area contributed by atoms with Crippen molar-refractivity contribution in [2.24, 2.45) is 0 Å². The first kappa shape index (κ1) is 25.5. The molecule has 0 saturated carbocycles. The third-order valence-corrected chi connectivity index (χ3v) is 6.66. The van der Waals surface area contributed by atoms with Crippen LogP contribution in [-0.2, 0) is 15.7 Å². The Balaban J connectivity index is 1.20. The van der Waals surface area contributed by atoms with Gasteiger partial charge in [-0.25, -0.2) is 15.1 Å². The van der Waals surface area contributed by atoms with Gasteiger partial charge in [0.15, 0.2) is 5.82 Å². The first-order valence-corrected chi connectivity index (χ1v) is 12.0. The Labute approximate surface area is 215 Å². The number of hydrogen-bond donors (Lipinski definition) is 1. The van der Waals surface area contributed by atoms with E-state index < -0.39 is 11.7 Å². The lowest BCUT2D eigenvalue weighted by Gasteiger charge is -2.37. The van der Waals surface area contributed by atoms with Crippen LogP contribution in [-0.4, -0.2) is 83.0 Å². The van der Waals surface area contributed by atoms with Crippen LogP contribution in [0.25, 0.3) is 10.8 Å². The summed E-state index contributed by atoms with van der Waals surface area (Å²) in [6, 6.07) is 5.12. The highest BCUT2D eigenvalue weighted by atomic mass is 19.4. The molecule has 1 N–H and O–H groups in total. The zero-order chi connectivity index (χ0) is 26.9. The van der Waals surface area contributed by atoms with Gasteiger partial charge in [-0.1, -0.05) is 5.92 Å². The number of hydrogen-bond acceptors (Lipinski definition) is 8. The fraction of sp³-hybridized carbons (Fsp3) is 0.400. The van der Waals surface area contributed by atoms with Gasteiger partial charge in [0.05, 0.1) is 30.1 Å². The van der Waals surface area contributed by atoms with E-state index in [0.29, 0.717) is 68.0 Å². The molecule has 10 nitrogen and oxygen atoms in total. The van der Waals surface area contributed by atoms with Crippen molar-refractivity contribution in [2.45, 2.75) is 18.7 Å². The van der Waals surface area contributed by atoms with Crippen molar-refractivity contribution in [2.75, 3.05) is 55.7 Å². The fourth-order valence-corrected chi connectivity index (χ4v) is 4.63. The molecule has 2 aromatic heterocycles. The van der Waals surface area contributed by atoms with Gasteiger partial charge in [-0.2, -0.15) is 18.3 Å². The van der Waals surface area contributed by atoms with Crippen molar-refractivity contribution in [3.8, 4) is 12.3 Å². The summed E-state index contributed by atoms with van der Waals surface area (Å²) < 4.78 is 44.1. The van der Waals surface area contributed by atoms with E-state index in [0.717, 1.165) is 12.4 Å². The molecule has 0 bridgehead atoms. The summed E-state index contributed by atoms with van der Waals surface area (Å²) in [4.78, 5) is 38.4. The van der Waals surface area contributed by atoms with Crippen LogP contribution < -0.4 is 15.4 Å². The molecule has 13 heteroatoms. The highest BCUT2D eigenvalue weighted by molar-refractivity contribution is 5.92. The van der Waals surface area contributed by atoms with E-state index in [2.05, 4.69) is 26.1 Å². The summed E-state index contributed by atoms with van der Waals surface area (Å²) in [5.41, 5.74) is -0.585. The van der Waals surface area contributed by atoms with Crippen LogP contribution in [0, 0.1) is 12.3 Å². The van der Waals surface area contributed by atoms with Crippen LogP contribution in [0.1, 0.15) is 17.5 Å². The van der Waals surface area contributed by atoms with Gasteiger partial charge in [-0.15, -0.1) is 6.42 Å². The van der Waals surface area contributed by atoms with Crippen molar-refractivity contribution in [3.05, 3.63) is 52.1 Å². The lowest BCUT2D eigenvalue weighted by molar-refractivity contribution is -0.138. The second kappa shape index (κ2) is 10.3. The van der Waals surface area contributed by atoms with Crippen LogP contribution in [0.15, 0.2) is 35.4 Å². The number of alkyl halides is 3. The van der Waals surface area contributed by atoms with Gasteiger partial charge in [0.1, 0.15) is 0 Å². The summed E-state index contributed by atoms with van der Waals surface area (Å²) >= 11 is 0. The van der Waals surface area contributed by atoms with E-state index in [1.807, 2.05) is 4.90 Å². The molecule has 2 saturated heterocycles. The molecule has 198 valence electrons. The number of nitrogens with zero attached hydrogens (tertiary/aromatic N) is 6. The number of aromatic amines is 1. The second-order valence-corrected chi connectivity index (χ2v) is 9.06. The van der Waals surface area contributed by atoms with Crippen molar-refractivity contribution in [1.82, 2.24) is 25.1 Å². The van der Waals surface area contributed by atoms with Gasteiger partial charge in [-0.05, 0) is 18.2 Å². The Morgan fingerprint density at radius 1 is 1.11 bits per heavy atom. The predicted molar refractivity (Wildman–Crippen MR) is 133 cm³/mol. The molecule has 0 aliphatic carbocycles. The zero-order valence-corrected chi connectivity index (χ0v) is 20.2. The number of terminal acetylenes is 1. The lowest BCUT2D eigenvalue weighted by atomic mass is 10.1. The number of halogens is 3. The summed E-state index contributed by atoms with van der Waals surface area (Å²) in [6.07, 6.45) is 2.34. The minimum atomic E-state index is -4.49. The van der Waals surface area contributed by atoms with Crippen molar-refractivity contribution >= 4 is 28.4 Å². The van der Waals surface area contributed by atoms with E-state index in [1.54, 1.807) is 28.0 Å². The van der Waals surface area contributed by atoms with Gasteiger partial charge < -0.3 is 19.4 Å². The van der Waals surface area contributed by atoms with Gasteiger partial charge in [0.2, 0.25) is 11.9 Å². The maximum absolute atomic E-state index is 13.0. The molecule has 5 rings (SSSR count). The van der Waals surface area contributed by atoms with Crippen molar-refractivity contribution in [3.63, 3.8) is 0 Å². The number of fused-ring (bicyclic) bond motifs is 1. The third-order valence-electron chi connectivity index (χ3n) is 6.66. The highest BCUT2D eigenvalue weighted by Gasteiger charge is 2.32. The number of carbonyl (C=O) groups is 1. The number of rotatable bonds is 4. The first-order valence-electron chi connectivity index (χ1n) is 12.0. The van der Waals surface area contributed by atoms with Crippen LogP contribution in [0.5, 0.6) is 0 Å². The number of amides is 1. The number of aromatic nitrogens is 4. The number of piperazine rings is 1. The van der Waals surface area contributed by atoms with E-state index in [1.165, 1.54) is 0 Å². The third kappa shape index (κ3) is 5.26. The molecule has 2 aliphatic rings. The molecule has 3 aromatic rings. The van der Waals surface area contributed by atoms with Crippen LogP contribution in [0.4, 0.5) is 24.9 Å². The van der Waals surface area contributed by atoms with E-state index in [9.17, 15) is 22.8 Å². The average Bonchev–Trinajstić information content (AvgIpc) is 2.93. The fourth-order valence-electron chi connectivity index (χ4n) is 4.63. The molecule has 0 spiro atoms. The van der Waals surface area contributed by atoms with E-state index in [-0.39, 0.29) is 29.9 Å². The smallest absolute Gasteiger partial charge is 0.374 e. The molecule has 0 radical (unpaired) electrons. The minimum Gasteiger partial charge on any atom is -0.374 e. The van der Waals surface area contributed by atoms with Crippen molar-refractivity contribution in [1.29, 1.82) is 0 Å². The monoisotopic (exact) mass is 527 g/mol. The van der Waals surface area contributed by atoms with E-state index >= 15 is 0 Å². The van der Waals surface area contributed by atoms with Crippen LogP contribution in [0.2, 0.25) is 0 Å². The summed E-state index contributed by atoms with van der Waals surface area (Å²) in [5, 5.41) is 7.89. The Morgan fingerprint density at radius 3 is 2.53 bits per heavy atom. The maximum Gasteiger partial charge on any atom is 0.419 e. The summed E-state index contributed by atoms with van der Waals surface area (Å²) in [7, 11) is 0. The number of anilines is 2. The number of H-pyrrole nitrogens is 1. The quantitative estimate of drug-likeness (QED) is 0.511. The molecular formula is C25H24F3N7O3. The Kier molecular flexibility index (Phi) is 6.90. The first-order chi connectivity index (χ1) is 18.2. The highest BCUT2D eigenvalue weighted by Crippen LogP contribution is 2.29. The molecule has 1 unspecified atom stereocenters. The normalized spacial score (nSPS) is 18.5.